The monoisotopic (exact) mass is 381 g/mol. The summed E-state index contributed by atoms with van der Waals surface area (Å²) in [5, 5.41) is 0.857. The summed E-state index contributed by atoms with van der Waals surface area (Å²) in [4.78, 5) is 11.9. The van der Waals surface area contributed by atoms with Crippen molar-refractivity contribution in [2.24, 2.45) is 0 Å². The number of hydrogen-bond donors (Lipinski definition) is 0. The van der Waals surface area contributed by atoms with Crippen LogP contribution in [0.3, 0.4) is 0 Å². The number of benzene rings is 2. The maximum atomic E-state index is 5.69. The summed E-state index contributed by atoms with van der Waals surface area (Å²) < 4.78 is 22.3. The first kappa shape index (κ1) is 18.3. The SMILES string of the molecule is COc1cc2c(N3CCOCC3)nc(-c3ccccc3)nc2c(OC)c1OC. The third-order valence-electron chi connectivity index (χ3n) is 4.82. The molecule has 1 aromatic heterocycles. The Morgan fingerprint density at radius 3 is 2.25 bits per heavy atom. The molecule has 146 valence electrons. The second-order valence-corrected chi connectivity index (χ2v) is 6.38. The summed E-state index contributed by atoms with van der Waals surface area (Å²) in [5.41, 5.74) is 1.63. The lowest BCUT2D eigenvalue weighted by atomic mass is 10.1. The van der Waals surface area contributed by atoms with Crippen molar-refractivity contribution in [3.63, 3.8) is 0 Å². The fourth-order valence-electron chi connectivity index (χ4n) is 3.45. The van der Waals surface area contributed by atoms with Gasteiger partial charge in [-0.15, -0.1) is 0 Å². The van der Waals surface area contributed by atoms with E-state index < -0.39 is 0 Å². The molecule has 1 fully saturated rings. The Balaban J connectivity index is 2.03. The van der Waals surface area contributed by atoms with Crippen LogP contribution in [0.15, 0.2) is 36.4 Å². The molecule has 0 atom stereocenters. The molecule has 0 radical (unpaired) electrons. The Hall–Kier alpha value is -3.06. The molecule has 1 saturated heterocycles. The molecule has 1 aliphatic rings. The number of nitrogens with zero attached hydrogens (tertiary/aromatic N) is 3. The zero-order chi connectivity index (χ0) is 19.5. The highest BCUT2D eigenvalue weighted by Crippen LogP contribution is 2.45. The van der Waals surface area contributed by atoms with Crippen molar-refractivity contribution in [1.29, 1.82) is 0 Å². The Kier molecular flexibility index (Phi) is 5.16. The van der Waals surface area contributed by atoms with Crippen LogP contribution in [0.4, 0.5) is 5.82 Å². The smallest absolute Gasteiger partial charge is 0.205 e. The van der Waals surface area contributed by atoms with Crippen LogP contribution in [0.1, 0.15) is 0 Å². The standard InChI is InChI=1S/C21H23N3O4/c1-25-16-13-15-17(19(27-3)18(16)26-2)22-20(14-7-5-4-6-8-14)23-21(15)24-9-11-28-12-10-24/h4-8,13H,9-12H2,1-3H3. The number of anilines is 1. The zero-order valence-electron chi connectivity index (χ0n) is 16.3. The highest BCUT2D eigenvalue weighted by atomic mass is 16.5. The van der Waals surface area contributed by atoms with Gasteiger partial charge in [0.25, 0.3) is 0 Å². The van der Waals surface area contributed by atoms with Crippen LogP contribution >= 0.6 is 0 Å². The molecule has 0 bridgehead atoms. The second-order valence-electron chi connectivity index (χ2n) is 6.38. The number of morpholine rings is 1. The Morgan fingerprint density at radius 2 is 1.61 bits per heavy atom. The van der Waals surface area contributed by atoms with E-state index in [4.69, 9.17) is 28.9 Å². The lowest BCUT2D eigenvalue weighted by Crippen LogP contribution is -2.37. The minimum atomic E-state index is 0.517. The Labute approximate surface area is 163 Å². The first-order chi connectivity index (χ1) is 13.8. The van der Waals surface area contributed by atoms with Crippen LogP contribution < -0.4 is 19.1 Å². The van der Waals surface area contributed by atoms with Gasteiger partial charge < -0.3 is 23.8 Å². The van der Waals surface area contributed by atoms with Crippen molar-refractivity contribution in [2.45, 2.75) is 0 Å². The molecular formula is C21H23N3O4. The van der Waals surface area contributed by atoms with Crippen LogP contribution in [0.5, 0.6) is 17.2 Å². The highest BCUT2D eigenvalue weighted by molar-refractivity contribution is 5.98. The van der Waals surface area contributed by atoms with Crippen LogP contribution in [0.25, 0.3) is 22.3 Å². The predicted octanol–water partition coefficient (Wildman–Crippen LogP) is 3.16. The fraction of sp³-hybridized carbons (Fsp3) is 0.333. The van der Waals surface area contributed by atoms with E-state index in [1.54, 1.807) is 21.3 Å². The van der Waals surface area contributed by atoms with Gasteiger partial charge in [0, 0.05) is 18.7 Å². The molecule has 0 N–H and O–H groups in total. The van der Waals surface area contributed by atoms with Crippen molar-refractivity contribution in [2.75, 3.05) is 52.5 Å². The molecule has 4 rings (SSSR count). The largest absolute Gasteiger partial charge is 0.493 e. The molecule has 2 heterocycles. The Morgan fingerprint density at radius 1 is 0.893 bits per heavy atom. The number of ether oxygens (including phenoxy) is 4. The average molecular weight is 381 g/mol. The predicted molar refractivity (Wildman–Crippen MR) is 108 cm³/mol. The molecule has 2 aromatic carbocycles. The first-order valence-electron chi connectivity index (χ1n) is 9.15. The topological polar surface area (TPSA) is 65.9 Å². The summed E-state index contributed by atoms with van der Waals surface area (Å²) in [7, 11) is 4.81. The number of methoxy groups -OCH3 is 3. The van der Waals surface area contributed by atoms with Gasteiger partial charge in [-0.2, -0.15) is 0 Å². The lowest BCUT2D eigenvalue weighted by Gasteiger charge is -2.29. The summed E-state index contributed by atoms with van der Waals surface area (Å²) in [6.45, 7) is 2.85. The van der Waals surface area contributed by atoms with Crippen LogP contribution in [0.2, 0.25) is 0 Å². The minimum absolute atomic E-state index is 0.517. The van der Waals surface area contributed by atoms with Gasteiger partial charge in [0.2, 0.25) is 5.75 Å². The van der Waals surface area contributed by atoms with Gasteiger partial charge >= 0.3 is 0 Å². The van der Waals surface area contributed by atoms with E-state index in [2.05, 4.69) is 4.90 Å². The summed E-state index contributed by atoms with van der Waals surface area (Å²) in [5.74, 6) is 3.11. The van der Waals surface area contributed by atoms with Crippen LogP contribution in [-0.4, -0.2) is 57.6 Å². The lowest BCUT2D eigenvalue weighted by molar-refractivity contribution is 0.122. The van der Waals surface area contributed by atoms with E-state index in [9.17, 15) is 0 Å². The normalized spacial score (nSPS) is 14.2. The molecule has 0 amide bonds. The van der Waals surface area contributed by atoms with Gasteiger partial charge in [0.15, 0.2) is 17.3 Å². The zero-order valence-corrected chi connectivity index (χ0v) is 16.3. The van der Waals surface area contributed by atoms with Gasteiger partial charge in [0.1, 0.15) is 11.3 Å². The van der Waals surface area contributed by atoms with Crippen molar-refractivity contribution in [3.8, 4) is 28.6 Å². The third-order valence-corrected chi connectivity index (χ3v) is 4.82. The van der Waals surface area contributed by atoms with Gasteiger partial charge in [-0.25, -0.2) is 9.97 Å². The molecule has 1 aliphatic heterocycles. The molecule has 7 heteroatoms. The Bertz CT molecular complexity index is 973. The summed E-state index contributed by atoms with van der Waals surface area (Å²) >= 11 is 0. The van der Waals surface area contributed by atoms with E-state index in [1.165, 1.54) is 0 Å². The molecule has 0 aliphatic carbocycles. The van der Waals surface area contributed by atoms with E-state index in [1.807, 2.05) is 36.4 Å². The van der Waals surface area contributed by atoms with Crippen molar-refractivity contribution in [3.05, 3.63) is 36.4 Å². The van der Waals surface area contributed by atoms with E-state index in [0.29, 0.717) is 41.8 Å². The fourth-order valence-corrected chi connectivity index (χ4v) is 3.45. The van der Waals surface area contributed by atoms with Crippen LogP contribution in [-0.2, 0) is 4.74 Å². The van der Waals surface area contributed by atoms with E-state index in [0.717, 1.165) is 29.9 Å². The quantitative estimate of drug-likeness (QED) is 0.672. The maximum absolute atomic E-state index is 5.69. The summed E-state index contributed by atoms with van der Waals surface area (Å²) in [6.07, 6.45) is 0. The third kappa shape index (κ3) is 3.18. The van der Waals surface area contributed by atoms with Crippen molar-refractivity contribution in [1.82, 2.24) is 9.97 Å². The van der Waals surface area contributed by atoms with Crippen molar-refractivity contribution >= 4 is 16.7 Å². The van der Waals surface area contributed by atoms with Crippen molar-refractivity contribution < 1.29 is 18.9 Å². The van der Waals surface area contributed by atoms with Crippen LogP contribution in [0, 0.1) is 0 Å². The van der Waals surface area contributed by atoms with Gasteiger partial charge in [-0.3, -0.25) is 0 Å². The first-order valence-corrected chi connectivity index (χ1v) is 9.15. The molecule has 0 spiro atoms. The number of fused-ring (bicyclic) bond motifs is 1. The highest BCUT2D eigenvalue weighted by Gasteiger charge is 2.24. The molecule has 7 nitrogen and oxygen atoms in total. The molecule has 28 heavy (non-hydrogen) atoms. The van der Waals surface area contributed by atoms with Gasteiger partial charge in [-0.05, 0) is 6.07 Å². The number of aromatic nitrogens is 2. The second kappa shape index (κ2) is 7.90. The maximum Gasteiger partial charge on any atom is 0.205 e. The minimum Gasteiger partial charge on any atom is -0.493 e. The molecule has 0 unspecified atom stereocenters. The van der Waals surface area contributed by atoms with E-state index in [-0.39, 0.29) is 0 Å². The van der Waals surface area contributed by atoms with Gasteiger partial charge in [-0.1, -0.05) is 30.3 Å². The van der Waals surface area contributed by atoms with Gasteiger partial charge in [0.05, 0.1) is 39.9 Å². The molecular weight excluding hydrogens is 358 g/mol. The molecule has 0 saturated carbocycles. The number of rotatable bonds is 5. The number of hydrogen-bond acceptors (Lipinski definition) is 7. The van der Waals surface area contributed by atoms with E-state index >= 15 is 0 Å². The molecule has 3 aromatic rings. The summed E-state index contributed by atoms with van der Waals surface area (Å²) in [6, 6.07) is 11.8. The average Bonchev–Trinajstić information content (AvgIpc) is 2.78.